The smallest absolute Gasteiger partial charge is 0.127 e. The Morgan fingerprint density at radius 3 is 2.65 bits per heavy atom. The lowest BCUT2D eigenvalue weighted by molar-refractivity contribution is 0.134. The highest BCUT2D eigenvalue weighted by Crippen LogP contribution is 2.26. The van der Waals surface area contributed by atoms with Gasteiger partial charge in [0, 0.05) is 37.8 Å². The third-order valence-electron chi connectivity index (χ3n) is 2.52. The largest absolute Gasteiger partial charge is 0.490 e. The van der Waals surface area contributed by atoms with E-state index in [4.69, 9.17) is 15.2 Å². The summed E-state index contributed by atoms with van der Waals surface area (Å²) in [7, 11) is 1.64. The van der Waals surface area contributed by atoms with Gasteiger partial charge in [0.05, 0.1) is 6.10 Å². The van der Waals surface area contributed by atoms with Crippen LogP contribution in [0.15, 0.2) is 18.2 Å². The normalized spacial score (nSPS) is 14.4. The van der Waals surface area contributed by atoms with Crippen molar-refractivity contribution in [2.24, 2.45) is 5.73 Å². The average Bonchev–Trinajstić information content (AvgIpc) is 2.26. The molecule has 2 atom stereocenters. The first-order valence-electron chi connectivity index (χ1n) is 5.75. The third-order valence-corrected chi connectivity index (χ3v) is 2.52. The van der Waals surface area contributed by atoms with Crippen LogP contribution in [0.25, 0.3) is 0 Å². The van der Waals surface area contributed by atoms with Crippen molar-refractivity contribution < 1.29 is 13.9 Å². The van der Waals surface area contributed by atoms with Crippen molar-refractivity contribution in [1.29, 1.82) is 0 Å². The molecule has 3 nitrogen and oxygen atoms in total. The zero-order chi connectivity index (χ0) is 12.8. The van der Waals surface area contributed by atoms with Crippen molar-refractivity contribution in [2.75, 3.05) is 13.7 Å². The van der Waals surface area contributed by atoms with Crippen LogP contribution in [0.5, 0.6) is 5.75 Å². The van der Waals surface area contributed by atoms with Crippen molar-refractivity contribution >= 4 is 0 Å². The fraction of sp³-hybridized carbons (Fsp3) is 0.538. The molecule has 17 heavy (non-hydrogen) atoms. The lowest BCUT2D eigenvalue weighted by Crippen LogP contribution is -2.17. The number of ether oxygens (including phenoxy) is 2. The molecular formula is C13H20FNO2. The van der Waals surface area contributed by atoms with E-state index in [2.05, 4.69) is 0 Å². The van der Waals surface area contributed by atoms with Crippen molar-refractivity contribution in [3.8, 4) is 5.75 Å². The minimum atomic E-state index is -0.316. The van der Waals surface area contributed by atoms with Crippen LogP contribution in [-0.2, 0) is 4.74 Å². The predicted octanol–water partition coefficient (Wildman–Crippen LogP) is 2.65. The molecule has 0 aliphatic rings. The maximum Gasteiger partial charge on any atom is 0.127 e. The van der Waals surface area contributed by atoms with Crippen LogP contribution in [0.2, 0.25) is 0 Å². The molecule has 96 valence electrons. The number of rotatable bonds is 6. The quantitative estimate of drug-likeness (QED) is 0.832. The minimum Gasteiger partial charge on any atom is -0.490 e. The summed E-state index contributed by atoms with van der Waals surface area (Å²) in [5.74, 6) is 0.201. The van der Waals surface area contributed by atoms with Crippen molar-refractivity contribution in [3.05, 3.63) is 29.6 Å². The van der Waals surface area contributed by atoms with E-state index in [0.29, 0.717) is 12.4 Å². The Hall–Kier alpha value is -1.13. The van der Waals surface area contributed by atoms with E-state index in [9.17, 15) is 4.39 Å². The molecule has 0 spiro atoms. The fourth-order valence-electron chi connectivity index (χ4n) is 1.55. The van der Waals surface area contributed by atoms with Crippen LogP contribution in [0, 0.1) is 5.82 Å². The first-order valence-corrected chi connectivity index (χ1v) is 5.75. The number of halogens is 1. The first kappa shape index (κ1) is 13.9. The van der Waals surface area contributed by atoms with Crippen LogP contribution in [0.1, 0.15) is 31.9 Å². The van der Waals surface area contributed by atoms with Gasteiger partial charge in [0.15, 0.2) is 0 Å². The molecule has 1 unspecified atom stereocenters. The van der Waals surface area contributed by atoms with Crippen LogP contribution < -0.4 is 10.5 Å². The Morgan fingerprint density at radius 2 is 2.06 bits per heavy atom. The van der Waals surface area contributed by atoms with Crippen molar-refractivity contribution in [2.45, 2.75) is 32.4 Å². The summed E-state index contributed by atoms with van der Waals surface area (Å²) in [6.07, 6.45) is 0.722. The number of hydrogen-bond donors (Lipinski definition) is 1. The van der Waals surface area contributed by atoms with Gasteiger partial charge in [0.25, 0.3) is 0 Å². The Morgan fingerprint density at radius 1 is 1.35 bits per heavy atom. The van der Waals surface area contributed by atoms with E-state index in [-0.39, 0.29) is 18.0 Å². The molecule has 1 aromatic rings. The van der Waals surface area contributed by atoms with Crippen LogP contribution in [0.3, 0.4) is 0 Å². The summed E-state index contributed by atoms with van der Waals surface area (Å²) in [6, 6.07) is 4.26. The summed E-state index contributed by atoms with van der Waals surface area (Å²) >= 11 is 0. The SMILES string of the molecule is COCCC(C)Oc1cc(F)ccc1[C@H](C)N. The topological polar surface area (TPSA) is 44.5 Å². The Kier molecular flexibility index (Phi) is 5.38. The summed E-state index contributed by atoms with van der Waals surface area (Å²) in [5.41, 5.74) is 6.63. The second-order valence-electron chi connectivity index (χ2n) is 4.18. The number of benzene rings is 1. The molecule has 0 aliphatic carbocycles. The number of hydrogen-bond acceptors (Lipinski definition) is 3. The van der Waals surface area contributed by atoms with Crippen LogP contribution in [-0.4, -0.2) is 19.8 Å². The van der Waals surface area contributed by atoms with Gasteiger partial charge >= 0.3 is 0 Å². The van der Waals surface area contributed by atoms with E-state index < -0.39 is 0 Å². The average molecular weight is 241 g/mol. The number of methoxy groups -OCH3 is 1. The van der Waals surface area contributed by atoms with Gasteiger partial charge in [-0.25, -0.2) is 4.39 Å². The van der Waals surface area contributed by atoms with E-state index in [1.165, 1.54) is 12.1 Å². The molecule has 4 heteroatoms. The van der Waals surface area contributed by atoms with Gasteiger partial charge < -0.3 is 15.2 Å². The molecule has 1 aromatic carbocycles. The second-order valence-corrected chi connectivity index (χ2v) is 4.18. The molecule has 0 aromatic heterocycles. The first-order chi connectivity index (χ1) is 8.04. The van der Waals surface area contributed by atoms with Gasteiger partial charge in [0.2, 0.25) is 0 Å². The highest BCUT2D eigenvalue weighted by Gasteiger charge is 2.12. The summed E-state index contributed by atoms with van der Waals surface area (Å²) < 4.78 is 23.8. The molecule has 0 saturated heterocycles. The lowest BCUT2D eigenvalue weighted by Gasteiger charge is -2.18. The summed E-state index contributed by atoms with van der Waals surface area (Å²) in [4.78, 5) is 0. The monoisotopic (exact) mass is 241 g/mol. The van der Waals surface area contributed by atoms with E-state index in [1.54, 1.807) is 13.2 Å². The minimum absolute atomic E-state index is 0.0331. The molecular weight excluding hydrogens is 221 g/mol. The summed E-state index contributed by atoms with van der Waals surface area (Å²) in [5, 5.41) is 0. The molecule has 0 fully saturated rings. The van der Waals surface area contributed by atoms with E-state index >= 15 is 0 Å². The molecule has 1 rings (SSSR count). The van der Waals surface area contributed by atoms with Crippen molar-refractivity contribution in [1.82, 2.24) is 0 Å². The van der Waals surface area contributed by atoms with Gasteiger partial charge in [-0.1, -0.05) is 6.07 Å². The van der Waals surface area contributed by atoms with Crippen molar-refractivity contribution in [3.63, 3.8) is 0 Å². The molecule has 2 N–H and O–H groups in total. The predicted molar refractivity (Wildman–Crippen MR) is 65.6 cm³/mol. The molecule has 0 amide bonds. The van der Waals surface area contributed by atoms with Gasteiger partial charge in [0.1, 0.15) is 11.6 Å². The van der Waals surface area contributed by atoms with E-state index in [0.717, 1.165) is 12.0 Å². The Labute approximate surface area is 102 Å². The fourth-order valence-corrected chi connectivity index (χ4v) is 1.55. The molecule has 0 aliphatic heterocycles. The van der Waals surface area contributed by atoms with Gasteiger partial charge in [-0.15, -0.1) is 0 Å². The Bertz CT molecular complexity index is 355. The lowest BCUT2D eigenvalue weighted by atomic mass is 10.1. The zero-order valence-corrected chi connectivity index (χ0v) is 10.6. The Balaban J connectivity index is 2.77. The van der Waals surface area contributed by atoms with Gasteiger partial charge in [-0.3, -0.25) is 0 Å². The maximum atomic E-state index is 13.2. The second kappa shape index (κ2) is 6.57. The molecule has 0 radical (unpaired) electrons. The molecule has 0 bridgehead atoms. The molecule has 0 heterocycles. The highest BCUT2D eigenvalue weighted by atomic mass is 19.1. The highest BCUT2D eigenvalue weighted by molar-refractivity contribution is 5.36. The van der Waals surface area contributed by atoms with Crippen LogP contribution in [0.4, 0.5) is 4.39 Å². The standard InChI is InChI=1S/C13H20FNO2/c1-9(6-7-16-3)17-13-8-11(14)4-5-12(13)10(2)15/h4-5,8-10H,6-7,15H2,1-3H3/t9?,10-/m0/s1. The third kappa shape index (κ3) is 4.32. The van der Waals surface area contributed by atoms with Gasteiger partial charge in [-0.05, 0) is 19.9 Å². The van der Waals surface area contributed by atoms with E-state index in [1.807, 2.05) is 13.8 Å². The maximum absolute atomic E-state index is 13.2. The zero-order valence-electron chi connectivity index (χ0n) is 10.6. The van der Waals surface area contributed by atoms with Gasteiger partial charge in [-0.2, -0.15) is 0 Å². The summed E-state index contributed by atoms with van der Waals surface area (Å²) in [6.45, 7) is 4.39. The number of nitrogens with two attached hydrogens (primary N) is 1. The van der Waals surface area contributed by atoms with Crippen LogP contribution >= 0.6 is 0 Å². The molecule has 0 saturated carbocycles.